The van der Waals surface area contributed by atoms with Crippen LogP contribution in [0.25, 0.3) is 0 Å². The van der Waals surface area contributed by atoms with E-state index in [1.54, 1.807) is 6.07 Å². The predicted octanol–water partition coefficient (Wildman–Crippen LogP) is 3.04. The molecule has 2 aromatic rings. The highest BCUT2D eigenvalue weighted by atomic mass is 79.9. The first-order chi connectivity index (χ1) is 8.56. The number of ether oxygens (including phenoxy) is 1. The largest absolute Gasteiger partial charge is 0.478 e. The maximum Gasteiger partial charge on any atom is 0.338 e. The van der Waals surface area contributed by atoms with Gasteiger partial charge in [0, 0.05) is 16.9 Å². The zero-order valence-corrected chi connectivity index (χ0v) is 11.0. The maximum atomic E-state index is 10.6. The molecule has 0 spiro atoms. The molecule has 1 heterocycles. The number of aryl methyl sites for hydroxylation is 1. The highest BCUT2D eigenvalue weighted by Gasteiger charge is 2.07. The van der Waals surface area contributed by atoms with E-state index in [1.165, 1.54) is 12.4 Å². The summed E-state index contributed by atoms with van der Waals surface area (Å²) >= 11 is 3.36. The van der Waals surface area contributed by atoms with Gasteiger partial charge in [0.2, 0.25) is 0 Å². The molecule has 6 heteroatoms. The molecule has 0 saturated carbocycles. The van der Waals surface area contributed by atoms with Gasteiger partial charge in [0.15, 0.2) is 0 Å². The topological polar surface area (TPSA) is 72.3 Å². The Morgan fingerprint density at radius 3 is 2.56 bits per heavy atom. The van der Waals surface area contributed by atoms with Gasteiger partial charge >= 0.3 is 12.0 Å². The minimum absolute atomic E-state index is 0.0230. The van der Waals surface area contributed by atoms with Gasteiger partial charge in [0.05, 0.1) is 5.56 Å². The van der Waals surface area contributed by atoms with E-state index in [0.29, 0.717) is 5.75 Å². The van der Waals surface area contributed by atoms with E-state index >= 15 is 0 Å². The first kappa shape index (κ1) is 12.5. The maximum absolute atomic E-state index is 10.6. The Bertz CT molecular complexity index is 584. The average Bonchev–Trinajstić information content (AvgIpc) is 2.33. The molecule has 2 rings (SSSR count). The van der Waals surface area contributed by atoms with Crippen molar-refractivity contribution < 1.29 is 14.6 Å². The van der Waals surface area contributed by atoms with Gasteiger partial charge < -0.3 is 9.84 Å². The first-order valence-electron chi connectivity index (χ1n) is 5.05. The zero-order chi connectivity index (χ0) is 13.1. The molecule has 0 bridgehead atoms. The van der Waals surface area contributed by atoms with Crippen LogP contribution < -0.4 is 4.74 Å². The van der Waals surface area contributed by atoms with Crippen molar-refractivity contribution in [2.24, 2.45) is 0 Å². The molecule has 1 aromatic carbocycles. The predicted molar refractivity (Wildman–Crippen MR) is 67.9 cm³/mol. The molecule has 92 valence electrons. The SMILES string of the molecule is Cc1cc(Br)ccc1Oc1ncc(C(=O)O)cn1. The molecule has 0 aliphatic carbocycles. The van der Waals surface area contributed by atoms with Crippen molar-refractivity contribution in [1.29, 1.82) is 0 Å². The third-order valence-corrected chi connectivity index (χ3v) is 2.71. The van der Waals surface area contributed by atoms with Crippen molar-refractivity contribution in [3.63, 3.8) is 0 Å². The Kier molecular flexibility index (Phi) is 3.57. The number of aromatic carboxylic acids is 1. The van der Waals surface area contributed by atoms with Gasteiger partial charge in [-0.15, -0.1) is 0 Å². The van der Waals surface area contributed by atoms with E-state index < -0.39 is 5.97 Å². The molecule has 0 saturated heterocycles. The molecule has 0 radical (unpaired) electrons. The highest BCUT2D eigenvalue weighted by Crippen LogP contribution is 2.25. The van der Waals surface area contributed by atoms with Crippen LogP contribution in [0.3, 0.4) is 0 Å². The number of carbonyl (C=O) groups is 1. The van der Waals surface area contributed by atoms with E-state index in [9.17, 15) is 4.79 Å². The molecule has 5 nitrogen and oxygen atoms in total. The van der Waals surface area contributed by atoms with Crippen LogP contribution in [0.2, 0.25) is 0 Å². The number of halogens is 1. The summed E-state index contributed by atoms with van der Waals surface area (Å²) in [7, 11) is 0. The Hall–Kier alpha value is -1.95. The Morgan fingerprint density at radius 1 is 1.33 bits per heavy atom. The number of benzene rings is 1. The number of rotatable bonds is 3. The van der Waals surface area contributed by atoms with Crippen LogP contribution in [0, 0.1) is 6.92 Å². The van der Waals surface area contributed by atoms with Crippen molar-refractivity contribution in [1.82, 2.24) is 9.97 Å². The quantitative estimate of drug-likeness (QED) is 0.943. The van der Waals surface area contributed by atoms with Gasteiger partial charge in [0.1, 0.15) is 5.75 Å². The number of hydrogen-bond acceptors (Lipinski definition) is 4. The molecule has 18 heavy (non-hydrogen) atoms. The molecule has 0 amide bonds. The minimum Gasteiger partial charge on any atom is -0.478 e. The van der Waals surface area contributed by atoms with Crippen LogP contribution >= 0.6 is 15.9 Å². The van der Waals surface area contributed by atoms with Crippen LogP contribution in [0.4, 0.5) is 0 Å². The van der Waals surface area contributed by atoms with Gasteiger partial charge in [-0.05, 0) is 30.7 Å². The molecular formula is C12H9BrN2O3. The van der Waals surface area contributed by atoms with E-state index in [0.717, 1.165) is 10.0 Å². The lowest BCUT2D eigenvalue weighted by Gasteiger charge is -2.06. The van der Waals surface area contributed by atoms with Crippen LogP contribution in [0.15, 0.2) is 35.1 Å². The summed E-state index contributed by atoms with van der Waals surface area (Å²) < 4.78 is 6.42. The van der Waals surface area contributed by atoms with Crippen molar-refractivity contribution >= 4 is 21.9 Å². The molecule has 1 aromatic heterocycles. The third kappa shape index (κ3) is 2.84. The second-order valence-electron chi connectivity index (χ2n) is 3.57. The summed E-state index contributed by atoms with van der Waals surface area (Å²) in [5.74, 6) is -0.442. The second-order valence-corrected chi connectivity index (χ2v) is 4.49. The smallest absolute Gasteiger partial charge is 0.338 e. The number of nitrogens with zero attached hydrogens (tertiary/aromatic N) is 2. The lowest BCUT2D eigenvalue weighted by atomic mass is 10.2. The van der Waals surface area contributed by atoms with E-state index in [2.05, 4.69) is 25.9 Å². The lowest BCUT2D eigenvalue weighted by molar-refractivity contribution is 0.0696. The zero-order valence-electron chi connectivity index (χ0n) is 9.42. The van der Waals surface area contributed by atoms with Gasteiger partial charge in [-0.1, -0.05) is 15.9 Å². The number of carboxylic acid groups (broad SMARTS) is 1. The molecule has 0 atom stereocenters. The first-order valence-corrected chi connectivity index (χ1v) is 5.85. The summed E-state index contributed by atoms with van der Waals surface area (Å²) in [4.78, 5) is 18.3. The average molecular weight is 309 g/mol. The standard InChI is InChI=1S/C12H9BrN2O3/c1-7-4-9(13)2-3-10(7)18-12-14-5-8(6-15-12)11(16)17/h2-6H,1H3,(H,16,17). The Morgan fingerprint density at radius 2 is 2.00 bits per heavy atom. The summed E-state index contributed by atoms with van der Waals surface area (Å²) in [5, 5.41) is 8.71. The molecule has 1 N–H and O–H groups in total. The van der Waals surface area contributed by atoms with E-state index in [4.69, 9.17) is 9.84 Å². The van der Waals surface area contributed by atoms with Crippen molar-refractivity contribution in [3.8, 4) is 11.8 Å². The summed E-state index contributed by atoms with van der Waals surface area (Å²) in [6, 6.07) is 5.65. The summed E-state index contributed by atoms with van der Waals surface area (Å²) in [5.41, 5.74) is 0.949. The second kappa shape index (κ2) is 5.14. The fraction of sp³-hybridized carbons (Fsp3) is 0.0833. The van der Waals surface area contributed by atoms with Crippen molar-refractivity contribution in [2.75, 3.05) is 0 Å². The van der Waals surface area contributed by atoms with Gasteiger partial charge in [-0.25, -0.2) is 14.8 Å². The number of aromatic nitrogens is 2. The molecule has 0 fully saturated rings. The fourth-order valence-corrected chi connectivity index (χ4v) is 1.78. The Balaban J connectivity index is 2.21. The highest BCUT2D eigenvalue weighted by molar-refractivity contribution is 9.10. The van der Waals surface area contributed by atoms with Crippen LogP contribution in [0.1, 0.15) is 15.9 Å². The third-order valence-electron chi connectivity index (χ3n) is 2.21. The van der Waals surface area contributed by atoms with Crippen LogP contribution in [-0.2, 0) is 0 Å². The summed E-state index contributed by atoms with van der Waals surface area (Å²) in [6.45, 7) is 1.89. The molecular weight excluding hydrogens is 300 g/mol. The van der Waals surface area contributed by atoms with Crippen molar-refractivity contribution in [3.05, 3.63) is 46.2 Å². The molecule has 0 unspecified atom stereocenters. The van der Waals surface area contributed by atoms with Gasteiger partial charge in [-0.3, -0.25) is 0 Å². The van der Waals surface area contributed by atoms with Crippen molar-refractivity contribution in [2.45, 2.75) is 6.92 Å². The van der Waals surface area contributed by atoms with Gasteiger partial charge in [0.25, 0.3) is 0 Å². The van der Waals surface area contributed by atoms with Crippen LogP contribution in [0.5, 0.6) is 11.8 Å². The van der Waals surface area contributed by atoms with E-state index in [1.807, 2.05) is 19.1 Å². The van der Waals surface area contributed by atoms with Crippen LogP contribution in [-0.4, -0.2) is 21.0 Å². The normalized spacial score (nSPS) is 10.1. The van der Waals surface area contributed by atoms with E-state index in [-0.39, 0.29) is 11.6 Å². The fourth-order valence-electron chi connectivity index (χ4n) is 1.31. The van der Waals surface area contributed by atoms with Gasteiger partial charge in [-0.2, -0.15) is 0 Å². The molecule has 0 aliphatic heterocycles. The summed E-state index contributed by atoms with van der Waals surface area (Å²) in [6.07, 6.45) is 2.41. The molecule has 0 aliphatic rings. The monoisotopic (exact) mass is 308 g/mol. The minimum atomic E-state index is -1.07. The number of carboxylic acids is 1. The Labute approximate surface area is 112 Å². The lowest BCUT2D eigenvalue weighted by Crippen LogP contribution is -2.00. The number of hydrogen-bond donors (Lipinski definition) is 1.